The third-order valence-electron chi connectivity index (χ3n) is 4.84. The Hall–Kier alpha value is -3.00. The van der Waals surface area contributed by atoms with Gasteiger partial charge in [-0.05, 0) is 37.1 Å². The highest BCUT2D eigenvalue weighted by molar-refractivity contribution is 5.90. The van der Waals surface area contributed by atoms with Gasteiger partial charge < -0.3 is 15.2 Å². The predicted octanol–water partition coefficient (Wildman–Crippen LogP) is 4.26. The standard InChI is InChI=1S/C23H30FN3O4/c1-4-6-7-13-25-23(30)27(3)21-10-8-9-19(26-21)17-12-11-16(18(24)14-17)15-20(22(28)29)31-5-2/h8-12,14,20H,4-7,13,15H2,1-3H3,(H,25,30)(H,28,29). The Morgan fingerprint density at radius 1 is 1.23 bits per heavy atom. The fourth-order valence-corrected chi connectivity index (χ4v) is 3.05. The molecule has 0 spiro atoms. The molecular formula is C23H30FN3O4. The molecule has 0 saturated carbocycles. The van der Waals surface area contributed by atoms with Crippen LogP contribution in [0.2, 0.25) is 0 Å². The summed E-state index contributed by atoms with van der Waals surface area (Å²) in [5.41, 5.74) is 1.29. The fourth-order valence-electron chi connectivity index (χ4n) is 3.05. The Morgan fingerprint density at radius 3 is 2.65 bits per heavy atom. The van der Waals surface area contributed by atoms with Gasteiger partial charge in [-0.1, -0.05) is 38.0 Å². The largest absolute Gasteiger partial charge is 0.479 e. The number of urea groups is 1. The van der Waals surface area contributed by atoms with Crippen molar-refractivity contribution in [1.82, 2.24) is 10.3 Å². The number of carboxylic acid groups (broad SMARTS) is 1. The average Bonchev–Trinajstić information content (AvgIpc) is 2.76. The van der Waals surface area contributed by atoms with Crippen LogP contribution in [0.3, 0.4) is 0 Å². The quantitative estimate of drug-likeness (QED) is 0.519. The van der Waals surface area contributed by atoms with Gasteiger partial charge in [-0.25, -0.2) is 19.0 Å². The molecule has 0 saturated heterocycles. The van der Waals surface area contributed by atoms with E-state index in [0.717, 1.165) is 19.3 Å². The molecule has 2 N–H and O–H groups in total. The van der Waals surface area contributed by atoms with E-state index in [1.165, 1.54) is 17.0 Å². The number of carboxylic acids is 1. The molecule has 0 bridgehead atoms. The van der Waals surface area contributed by atoms with Crippen LogP contribution in [0.15, 0.2) is 36.4 Å². The lowest BCUT2D eigenvalue weighted by Gasteiger charge is -2.18. The monoisotopic (exact) mass is 431 g/mol. The van der Waals surface area contributed by atoms with Gasteiger partial charge in [0.15, 0.2) is 6.10 Å². The number of benzene rings is 1. The van der Waals surface area contributed by atoms with Crippen molar-refractivity contribution in [3.8, 4) is 11.3 Å². The molecule has 1 aromatic carbocycles. The number of hydrogen-bond acceptors (Lipinski definition) is 4. The molecule has 1 atom stereocenters. The summed E-state index contributed by atoms with van der Waals surface area (Å²) in [6, 6.07) is 9.47. The second-order valence-electron chi connectivity index (χ2n) is 7.17. The lowest BCUT2D eigenvalue weighted by molar-refractivity contribution is -0.150. The van der Waals surface area contributed by atoms with Crippen molar-refractivity contribution < 1.29 is 23.8 Å². The van der Waals surface area contributed by atoms with Gasteiger partial charge in [0, 0.05) is 32.2 Å². The van der Waals surface area contributed by atoms with Crippen LogP contribution >= 0.6 is 0 Å². The van der Waals surface area contributed by atoms with E-state index >= 15 is 0 Å². The van der Waals surface area contributed by atoms with Crippen LogP contribution in [0.25, 0.3) is 11.3 Å². The lowest BCUT2D eigenvalue weighted by atomic mass is 10.0. The van der Waals surface area contributed by atoms with E-state index in [2.05, 4.69) is 17.2 Å². The van der Waals surface area contributed by atoms with Crippen LogP contribution in [0.1, 0.15) is 38.7 Å². The van der Waals surface area contributed by atoms with Gasteiger partial charge in [0.05, 0.1) is 5.69 Å². The number of pyridine rings is 1. The van der Waals surface area contributed by atoms with E-state index in [1.54, 1.807) is 38.2 Å². The highest BCUT2D eigenvalue weighted by atomic mass is 19.1. The maximum Gasteiger partial charge on any atom is 0.333 e. The minimum absolute atomic E-state index is 0.0658. The van der Waals surface area contributed by atoms with Crippen LogP contribution in [0.4, 0.5) is 15.0 Å². The summed E-state index contributed by atoms with van der Waals surface area (Å²) in [5, 5.41) is 12.1. The minimum atomic E-state index is -1.13. The lowest BCUT2D eigenvalue weighted by Crippen LogP contribution is -2.38. The van der Waals surface area contributed by atoms with E-state index in [1.807, 2.05) is 0 Å². The number of halogens is 1. The molecule has 0 radical (unpaired) electrons. The van der Waals surface area contributed by atoms with Crippen molar-refractivity contribution in [2.45, 2.75) is 45.6 Å². The van der Waals surface area contributed by atoms with Crippen LogP contribution in [-0.2, 0) is 16.0 Å². The van der Waals surface area contributed by atoms with E-state index in [-0.39, 0.29) is 24.6 Å². The highest BCUT2D eigenvalue weighted by Crippen LogP contribution is 2.23. The van der Waals surface area contributed by atoms with Crippen molar-refractivity contribution in [2.24, 2.45) is 0 Å². The Bertz CT molecular complexity index is 891. The predicted molar refractivity (Wildman–Crippen MR) is 118 cm³/mol. The number of anilines is 1. The molecule has 168 valence electrons. The van der Waals surface area contributed by atoms with Crippen molar-refractivity contribution >= 4 is 17.8 Å². The number of aliphatic carboxylic acids is 1. The SMILES string of the molecule is CCCCCNC(=O)N(C)c1cccc(-c2ccc(CC(OCC)C(=O)O)c(F)c2)n1. The number of nitrogens with one attached hydrogen (secondary N) is 1. The van der Waals surface area contributed by atoms with Gasteiger partial charge in [-0.2, -0.15) is 0 Å². The molecule has 31 heavy (non-hydrogen) atoms. The first kappa shape index (κ1) is 24.3. The van der Waals surface area contributed by atoms with Crippen molar-refractivity contribution in [3.05, 3.63) is 47.8 Å². The maximum absolute atomic E-state index is 14.6. The Morgan fingerprint density at radius 2 is 2.00 bits per heavy atom. The van der Waals surface area contributed by atoms with E-state index in [4.69, 9.17) is 4.74 Å². The minimum Gasteiger partial charge on any atom is -0.479 e. The molecule has 1 aromatic heterocycles. The number of nitrogens with zero attached hydrogens (tertiary/aromatic N) is 2. The number of carbonyl (C=O) groups is 2. The molecule has 1 heterocycles. The normalized spacial score (nSPS) is 11.7. The molecule has 1 unspecified atom stereocenters. The summed E-state index contributed by atoms with van der Waals surface area (Å²) >= 11 is 0. The number of hydrogen-bond donors (Lipinski definition) is 2. The van der Waals surface area contributed by atoms with Crippen LogP contribution in [0.5, 0.6) is 0 Å². The summed E-state index contributed by atoms with van der Waals surface area (Å²) in [6.07, 6.45) is 1.88. The second kappa shape index (κ2) is 12.0. The maximum atomic E-state index is 14.6. The first-order valence-corrected chi connectivity index (χ1v) is 10.5. The number of rotatable bonds is 11. The third-order valence-corrected chi connectivity index (χ3v) is 4.84. The summed E-state index contributed by atoms with van der Waals surface area (Å²) in [7, 11) is 1.63. The summed E-state index contributed by atoms with van der Waals surface area (Å²) in [5.74, 6) is -1.22. The number of aromatic nitrogens is 1. The zero-order chi connectivity index (χ0) is 22.8. The van der Waals surface area contributed by atoms with Crippen molar-refractivity contribution in [1.29, 1.82) is 0 Å². The van der Waals surface area contributed by atoms with Crippen molar-refractivity contribution in [3.63, 3.8) is 0 Å². The number of ether oxygens (including phenoxy) is 1. The molecular weight excluding hydrogens is 401 g/mol. The average molecular weight is 432 g/mol. The van der Waals surface area contributed by atoms with E-state index in [0.29, 0.717) is 23.6 Å². The van der Waals surface area contributed by atoms with Gasteiger partial charge >= 0.3 is 12.0 Å². The third kappa shape index (κ3) is 7.03. The first-order valence-electron chi connectivity index (χ1n) is 10.5. The number of carbonyl (C=O) groups excluding carboxylic acids is 1. The molecule has 7 nitrogen and oxygen atoms in total. The van der Waals surface area contributed by atoms with Crippen molar-refractivity contribution in [2.75, 3.05) is 25.1 Å². The molecule has 0 aliphatic carbocycles. The second-order valence-corrected chi connectivity index (χ2v) is 7.17. The topological polar surface area (TPSA) is 91.8 Å². The van der Waals surface area contributed by atoms with Gasteiger partial charge in [0.1, 0.15) is 11.6 Å². The first-order chi connectivity index (χ1) is 14.9. The Kier molecular flexibility index (Phi) is 9.40. The molecule has 0 aliphatic heterocycles. The Balaban J connectivity index is 2.14. The number of unbranched alkanes of at least 4 members (excludes halogenated alkanes) is 2. The molecule has 2 aromatic rings. The molecule has 0 fully saturated rings. The smallest absolute Gasteiger partial charge is 0.333 e. The van der Waals surface area contributed by atoms with Crippen LogP contribution < -0.4 is 10.2 Å². The van der Waals surface area contributed by atoms with Gasteiger partial charge in [0.2, 0.25) is 0 Å². The zero-order valence-electron chi connectivity index (χ0n) is 18.2. The molecule has 2 rings (SSSR count). The van der Waals surface area contributed by atoms with Gasteiger partial charge in [-0.15, -0.1) is 0 Å². The zero-order valence-corrected chi connectivity index (χ0v) is 18.2. The van der Waals surface area contributed by atoms with Gasteiger partial charge in [-0.3, -0.25) is 4.90 Å². The summed E-state index contributed by atoms with van der Waals surface area (Å²) in [6.45, 7) is 4.62. The van der Waals surface area contributed by atoms with Crippen LogP contribution in [-0.4, -0.2) is 48.4 Å². The van der Waals surface area contributed by atoms with E-state index < -0.39 is 17.9 Å². The molecule has 2 amide bonds. The molecule has 0 aliphatic rings. The number of amides is 2. The fraction of sp³-hybridized carbons (Fsp3) is 0.435. The highest BCUT2D eigenvalue weighted by Gasteiger charge is 2.20. The van der Waals surface area contributed by atoms with Crippen LogP contribution in [0, 0.1) is 5.82 Å². The van der Waals surface area contributed by atoms with Gasteiger partial charge in [0.25, 0.3) is 0 Å². The summed E-state index contributed by atoms with van der Waals surface area (Å²) < 4.78 is 19.8. The molecule has 8 heteroatoms. The summed E-state index contributed by atoms with van der Waals surface area (Å²) in [4.78, 5) is 29.5. The van der Waals surface area contributed by atoms with E-state index in [9.17, 15) is 19.1 Å². The Labute approximate surface area is 182 Å².